The van der Waals surface area contributed by atoms with Crippen LogP contribution in [-0.4, -0.2) is 12.5 Å². The van der Waals surface area contributed by atoms with Crippen LogP contribution in [0.15, 0.2) is 70.7 Å². The second-order valence-electron chi connectivity index (χ2n) is 7.11. The van der Waals surface area contributed by atoms with E-state index in [9.17, 15) is 10.1 Å². The van der Waals surface area contributed by atoms with Gasteiger partial charge in [0.05, 0.1) is 17.3 Å². The number of rotatable bonds is 8. The van der Waals surface area contributed by atoms with Crippen LogP contribution in [0.3, 0.4) is 0 Å². The number of aryl methyl sites for hydroxylation is 1. The largest absolute Gasteiger partial charge is 0.490 e. The van der Waals surface area contributed by atoms with Crippen LogP contribution in [-0.2, 0) is 11.4 Å². The first-order valence-electron chi connectivity index (χ1n) is 10.2. The second kappa shape index (κ2) is 11.6. The maximum atomic E-state index is 12.7. The summed E-state index contributed by atoms with van der Waals surface area (Å²) in [5, 5.41) is 12.7. The number of ether oxygens (including phenoxy) is 2. The molecule has 0 bridgehead atoms. The first-order chi connectivity index (χ1) is 15.9. The van der Waals surface area contributed by atoms with Crippen molar-refractivity contribution in [3.63, 3.8) is 0 Å². The van der Waals surface area contributed by atoms with Gasteiger partial charge in [-0.3, -0.25) is 4.79 Å². The van der Waals surface area contributed by atoms with Gasteiger partial charge in [-0.1, -0.05) is 57.9 Å². The highest BCUT2D eigenvalue weighted by atomic mass is 79.9. The molecule has 0 spiro atoms. The minimum Gasteiger partial charge on any atom is -0.490 e. The topological polar surface area (TPSA) is 71.3 Å². The van der Waals surface area contributed by atoms with Crippen LogP contribution in [0.1, 0.15) is 23.6 Å². The van der Waals surface area contributed by atoms with Crippen molar-refractivity contribution >= 4 is 45.2 Å². The number of para-hydroxylation sites is 1. The van der Waals surface area contributed by atoms with E-state index in [4.69, 9.17) is 21.1 Å². The zero-order chi connectivity index (χ0) is 23.8. The molecule has 0 atom stereocenters. The molecule has 0 fully saturated rings. The number of halogens is 2. The summed E-state index contributed by atoms with van der Waals surface area (Å²) in [5.74, 6) is 0.566. The third-order valence-electron chi connectivity index (χ3n) is 4.71. The third-order valence-corrected chi connectivity index (χ3v) is 5.56. The molecule has 0 radical (unpaired) electrons. The fourth-order valence-electron chi connectivity index (χ4n) is 3.03. The average Bonchev–Trinajstić information content (AvgIpc) is 2.80. The van der Waals surface area contributed by atoms with E-state index in [1.165, 1.54) is 6.08 Å². The standard InChI is InChI=1S/C26H22BrClN2O3/c1-3-32-24-14-19(9-12-23(24)33-16-18-7-10-21(27)11-8-18)13-20(15-29)26(31)30-25-17(2)5-4-6-22(25)28/h4-14H,3,16H2,1-2H3,(H,30,31)/b20-13+. The van der Waals surface area contributed by atoms with E-state index in [2.05, 4.69) is 21.2 Å². The molecule has 5 nitrogen and oxygen atoms in total. The van der Waals surface area contributed by atoms with Crippen molar-refractivity contribution < 1.29 is 14.3 Å². The van der Waals surface area contributed by atoms with Crippen LogP contribution in [0.25, 0.3) is 6.08 Å². The molecule has 0 heterocycles. The lowest BCUT2D eigenvalue weighted by Gasteiger charge is -2.13. The van der Waals surface area contributed by atoms with E-state index >= 15 is 0 Å². The van der Waals surface area contributed by atoms with Gasteiger partial charge in [0.15, 0.2) is 11.5 Å². The van der Waals surface area contributed by atoms with Gasteiger partial charge in [0.25, 0.3) is 5.91 Å². The summed E-state index contributed by atoms with van der Waals surface area (Å²) in [4.78, 5) is 12.7. The summed E-state index contributed by atoms with van der Waals surface area (Å²) < 4.78 is 12.7. The van der Waals surface area contributed by atoms with Crippen LogP contribution in [0.5, 0.6) is 11.5 Å². The summed E-state index contributed by atoms with van der Waals surface area (Å²) >= 11 is 9.60. The van der Waals surface area contributed by atoms with Gasteiger partial charge < -0.3 is 14.8 Å². The number of nitrogens with one attached hydrogen (secondary N) is 1. The predicted molar refractivity (Wildman–Crippen MR) is 134 cm³/mol. The predicted octanol–water partition coefficient (Wildman–Crippen LogP) is 6.93. The van der Waals surface area contributed by atoms with E-state index in [1.54, 1.807) is 30.3 Å². The Morgan fingerprint density at radius 3 is 2.55 bits per heavy atom. The minimum atomic E-state index is -0.540. The smallest absolute Gasteiger partial charge is 0.266 e. The lowest BCUT2D eigenvalue weighted by molar-refractivity contribution is -0.112. The Morgan fingerprint density at radius 1 is 1.12 bits per heavy atom. The molecule has 0 aliphatic heterocycles. The Balaban J connectivity index is 1.80. The van der Waals surface area contributed by atoms with Crippen molar-refractivity contribution in [2.75, 3.05) is 11.9 Å². The van der Waals surface area contributed by atoms with Gasteiger partial charge in [0.2, 0.25) is 0 Å². The Bertz CT molecular complexity index is 1200. The lowest BCUT2D eigenvalue weighted by atomic mass is 10.1. The summed E-state index contributed by atoms with van der Waals surface area (Å²) in [7, 11) is 0. The number of nitriles is 1. The van der Waals surface area contributed by atoms with E-state index in [0.29, 0.717) is 41.0 Å². The average molecular weight is 526 g/mol. The number of carbonyl (C=O) groups excluding carboxylic acids is 1. The molecule has 3 rings (SSSR count). The molecule has 1 N–H and O–H groups in total. The molecule has 0 saturated carbocycles. The maximum Gasteiger partial charge on any atom is 0.266 e. The highest BCUT2D eigenvalue weighted by molar-refractivity contribution is 9.10. The zero-order valence-electron chi connectivity index (χ0n) is 18.2. The molecule has 3 aromatic rings. The normalized spacial score (nSPS) is 10.9. The van der Waals surface area contributed by atoms with Crippen LogP contribution >= 0.6 is 27.5 Å². The number of amides is 1. The number of hydrogen-bond donors (Lipinski definition) is 1. The van der Waals surface area contributed by atoms with Gasteiger partial charge in [0, 0.05) is 4.47 Å². The van der Waals surface area contributed by atoms with Crippen molar-refractivity contribution in [3.8, 4) is 17.6 Å². The molecule has 0 aliphatic rings. The Morgan fingerprint density at radius 2 is 1.88 bits per heavy atom. The van der Waals surface area contributed by atoms with E-state index in [-0.39, 0.29) is 5.57 Å². The first kappa shape index (κ1) is 24.4. The summed E-state index contributed by atoms with van der Waals surface area (Å²) in [5.41, 5.74) is 2.89. The van der Waals surface area contributed by atoms with E-state index < -0.39 is 5.91 Å². The highest BCUT2D eigenvalue weighted by Crippen LogP contribution is 2.31. The monoisotopic (exact) mass is 524 g/mol. The van der Waals surface area contributed by atoms with Crippen LogP contribution in [0, 0.1) is 18.3 Å². The SMILES string of the molecule is CCOc1cc(/C=C(\C#N)C(=O)Nc2c(C)cccc2Cl)ccc1OCc1ccc(Br)cc1. The van der Waals surface area contributed by atoms with E-state index in [0.717, 1.165) is 15.6 Å². The first-order valence-corrected chi connectivity index (χ1v) is 11.4. The molecule has 0 aliphatic carbocycles. The third kappa shape index (κ3) is 6.61. The fraction of sp³-hybridized carbons (Fsp3) is 0.154. The Kier molecular flexibility index (Phi) is 8.53. The van der Waals surface area contributed by atoms with Crippen molar-refractivity contribution in [2.24, 2.45) is 0 Å². The summed E-state index contributed by atoms with van der Waals surface area (Å²) in [6.45, 7) is 4.53. The molecule has 7 heteroatoms. The van der Waals surface area contributed by atoms with Crippen LogP contribution < -0.4 is 14.8 Å². The van der Waals surface area contributed by atoms with Crippen molar-refractivity contribution in [1.29, 1.82) is 5.26 Å². The highest BCUT2D eigenvalue weighted by Gasteiger charge is 2.14. The second-order valence-corrected chi connectivity index (χ2v) is 8.43. The lowest BCUT2D eigenvalue weighted by Crippen LogP contribution is -2.14. The molecule has 3 aromatic carbocycles. The van der Waals surface area contributed by atoms with E-state index in [1.807, 2.05) is 50.2 Å². The Hall–Kier alpha value is -3.27. The van der Waals surface area contributed by atoms with Crippen LogP contribution in [0.4, 0.5) is 5.69 Å². The zero-order valence-corrected chi connectivity index (χ0v) is 20.5. The number of carbonyl (C=O) groups is 1. The van der Waals surface area contributed by atoms with Crippen molar-refractivity contribution in [2.45, 2.75) is 20.5 Å². The molecule has 0 saturated heterocycles. The van der Waals surface area contributed by atoms with Gasteiger partial charge in [-0.15, -0.1) is 0 Å². The molecule has 0 unspecified atom stereocenters. The molecule has 168 valence electrons. The van der Waals surface area contributed by atoms with Gasteiger partial charge in [-0.25, -0.2) is 0 Å². The van der Waals surface area contributed by atoms with Gasteiger partial charge in [-0.05, 0) is 66.9 Å². The summed E-state index contributed by atoms with van der Waals surface area (Å²) in [6.07, 6.45) is 1.50. The van der Waals surface area contributed by atoms with Gasteiger partial charge >= 0.3 is 0 Å². The molecule has 33 heavy (non-hydrogen) atoms. The molecular formula is C26H22BrClN2O3. The summed E-state index contributed by atoms with van der Waals surface area (Å²) in [6, 6.07) is 20.4. The van der Waals surface area contributed by atoms with Crippen molar-refractivity contribution in [3.05, 3.63) is 92.4 Å². The number of benzene rings is 3. The minimum absolute atomic E-state index is 0.0553. The number of hydrogen-bond acceptors (Lipinski definition) is 4. The van der Waals surface area contributed by atoms with Gasteiger partial charge in [0.1, 0.15) is 18.2 Å². The molecule has 1 amide bonds. The quantitative estimate of drug-likeness (QED) is 0.256. The molecular weight excluding hydrogens is 504 g/mol. The number of nitrogens with zero attached hydrogens (tertiary/aromatic N) is 1. The molecule has 0 aromatic heterocycles. The fourth-order valence-corrected chi connectivity index (χ4v) is 3.56. The van der Waals surface area contributed by atoms with Crippen molar-refractivity contribution in [1.82, 2.24) is 0 Å². The Labute approximate surface area is 206 Å². The number of anilines is 1. The van der Waals surface area contributed by atoms with Gasteiger partial charge in [-0.2, -0.15) is 5.26 Å². The maximum absolute atomic E-state index is 12.7. The van der Waals surface area contributed by atoms with Crippen LogP contribution in [0.2, 0.25) is 5.02 Å².